The first-order valence-electron chi connectivity index (χ1n) is 9.44. The van der Waals surface area contributed by atoms with Crippen molar-refractivity contribution in [1.29, 1.82) is 0 Å². The molecule has 1 aliphatic carbocycles. The molecule has 1 aromatic rings. The summed E-state index contributed by atoms with van der Waals surface area (Å²) in [5, 5.41) is 3.26. The van der Waals surface area contributed by atoms with E-state index in [9.17, 15) is 4.79 Å². The Bertz CT molecular complexity index is 543. The Kier molecular flexibility index (Phi) is 9.94. The second-order valence-electron chi connectivity index (χ2n) is 7.65. The Balaban J connectivity index is 0.00000169. The van der Waals surface area contributed by atoms with Crippen molar-refractivity contribution in [3.05, 3.63) is 35.9 Å². The lowest BCUT2D eigenvalue weighted by atomic mass is 9.96. The van der Waals surface area contributed by atoms with E-state index in [4.69, 9.17) is 5.73 Å². The number of nitrogens with two attached hydrogens (primary N) is 1. The summed E-state index contributed by atoms with van der Waals surface area (Å²) in [5.41, 5.74) is 7.45. The quantitative estimate of drug-likeness (QED) is 0.793. The molecular weight excluding hydrogens is 369 g/mol. The van der Waals surface area contributed by atoms with Crippen LogP contribution in [0.15, 0.2) is 30.3 Å². The molecule has 1 heterocycles. The van der Waals surface area contributed by atoms with Crippen molar-refractivity contribution in [3.63, 3.8) is 0 Å². The van der Waals surface area contributed by atoms with Crippen molar-refractivity contribution < 1.29 is 4.79 Å². The van der Waals surface area contributed by atoms with Crippen LogP contribution in [-0.4, -0.2) is 35.5 Å². The summed E-state index contributed by atoms with van der Waals surface area (Å²) < 4.78 is 0. The highest BCUT2D eigenvalue weighted by atomic mass is 35.5. The van der Waals surface area contributed by atoms with Gasteiger partial charge in [-0.15, -0.1) is 24.8 Å². The predicted molar refractivity (Wildman–Crippen MR) is 112 cm³/mol. The molecule has 1 amide bonds. The third-order valence-electron chi connectivity index (χ3n) is 5.77. The number of likely N-dealkylation sites (tertiary alicyclic amines) is 1. The molecule has 2 unspecified atom stereocenters. The lowest BCUT2D eigenvalue weighted by Gasteiger charge is -2.38. The van der Waals surface area contributed by atoms with Gasteiger partial charge in [0.05, 0.1) is 0 Å². The number of amides is 1. The van der Waals surface area contributed by atoms with Crippen molar-refractivity contribution in [2.75, 3.05) is 6.54 Å². The molecule has 6 heteroatoms. The van der Waals surface area contributed by atoms with Gasteiger partial charge in [-0.2, -0.15) is 0 Å². The van der Waals surface area contributed by atoms with E-state index in [1.165, 1.54) is 12.0 Å². The number of carbonyl (C=O) groups excluding carboxylic acids is 1. The molecule has 0 radical (unpaired) electrons. The molecule has 3 rings (SSSR count). The van der Waals surface area contributed by atoms with Crippen LogP contribution in [0, 0.1) is 5.92 Å². The summed E-state index contributed by atoms with van der Waals surface area (Å²) in [5.74, 6) is 0.589. The summed E-state index contributed by atoms with van der Waals surface area (Å²) in [7, 11) is 0. The normalized spacial score (nSPS) is 28.7. The van der Waals surface area contributed by atoms with Crippen LogP contribution in [0.3, 0.4) is 0 Å². The molecule has 0 aromatic heterocycles. The molecule has 1 aromatic carbocycles. The second-order valence-corrected chi connectivity index (χ2v) is 7.65. The van der Waals surface area contributed by atoms with Crippen molar-refractivity contribution in [2.24, 2.45) is 11.7 Å². The number of hydrogen-bond donors (Lipinski definition) is 2. The number of piperidine rings is 1. The van der Waals surface area contributed by atoms with Crippen LogP contribution in [0.4, 0.5) is 0 Å². The number of rotatable bonds is 5. The van der Waals surface area contributed by atoms with Gasteiger partial charge < -0.3 is 11.1 Å². The van der Waals surface area contributed by atoms with E-state index in [1.807, 2.05) is 0 Å². The SMILES string of the molecule is CC1CC(NC(=O)C[C@@H]2CCC[C@H]2N)CCN1Cc1ccccc1.Cl.Cl. The van der Waals surface area contributed by atoms with Crippen LogP contribution in [-0.2, 0) is 11.3 Å². The molecular formula is C20H33Cl2N3O. The molecule has 1 saturated heterocycles. The molecule has 148 valence electrons. The number of nitrogens with zero attached hydrogens (tertiary/aromatic N) is 1. The third kappa shape index (κ3) is 6.41. The molecule has 3 N–H and O–H groups in total. The van der Waals surface area contributed by atoms with Crippen molar-refractivity contribution in [2.45, 2.75) is 70.1 Å². The number of halogens is 2. The van der Waals surface area contributed by atoms with Crippen LogP contribution < -0.4 is 11.1 Å². The van der Waals surface area contributed by atoms with Gasteiger partial charge in [-0.05, 0) is 44.1 Å². The van der Waals surface area contributed by atoms with Gasteiger partial charge in [-0.3, -0.25) is 9.69 Å². The lowest BCUT2D eigenvalue weighted by Crippen LogP contribution is -2.48. The number of benzene rings is 1. The van der Waals surface area contributed by atoms with E-state index in [-0.39, 0.29) is 36.8 Å². The maximum absolute atomic E-state index is 12.3. The minimum Gasteiger partial charge on any atom is -0.353 e. The van der Waals surface area contributed by atoms with Gasteiger partial charge in [-0.1, -0.05) is 36.8 Å². The van der Waals surface area contributed by atoms with E-state index >= 15 is 0 Å². The molecule has 1 aliphatic heterocycles. The Hall–Kier alpha value is -0.810. The van der Waals surface area contributed by atoms with Crippen LogP contribution in [0.5, 0.6) is 0 Å². The van der Waals surface area contributed by atoms with Gasteiger partial charge >= 0.3 is 0 Å². The number of hydrogen-bond acceptors (Lipinski definition) is 3. The van der Waals surface area contributed by atoms with Gasteiger partial charge in [0, 0.05) is 37.6 Å². The van der Waals surface area contributed by atoms with Crippen LogP contribution in [0.25, 0.3) is 0 Å². The van der Waals surface area contributed by atoms with Crippen LogP contribution >= 0.6 is 24.8 Å². The Labute approximate surface area is 170 Å². The number of nitrogens with one attached hydrogen (secondary N) is 1. The topological polar surface area (TPSA) is 58.4 Å². The van der Waals surface area contributed by atoms with Gasteiger partial charge in [0.1, 0.15) is 0 Å². The van der Waals surface area contributed by atoms with Crippen molar-refractivity contribution >= 4 is 30.7 Å². The smallest absolute Gasteiger partial charge is 0.220 e. The fourth-order valence-corrected chi connectivity index (χ4v) is 4.25. The first kappa shape index (κ1) is 23.2. The second kappa shape index (κ2) is 11.1. The zero-order chi connectivity index (χ0) is 16.9. The van der Waals surface area contributed by atoms with E-state index in [2.05, 4.69) is 47.5 Å². The van der Waals surface area contributed by atoms with E-state index in [0.29, 0.717) is 24.4 Å². The summed E-state index contributed by atoms with van der Waals surface area (Å²) in [6.45, 7) is 4.32. The molecule has 26 heavy (non-hydrogen) atoms. The fraction of sp³-hybridized carbons (Fsp3) is 0.650. The standard InChI is InChI=1S/C20H31N3O.2ClH/c1-15-12-18(22-20(24)13-17-8-5-9-19(17)21)10-11-23(15)14-16-6-3-2-4-7-16;;/h2-4,6-7,15,17-19H,5,8-14,21H2,1H3,(H,22,24);2*1H/t15?,17-,18?,19+;;/m0../s1. The Morgan fingerprint density at radius 1 is 1.19 bits per heavy atom. The molecule has 4 atom stereocenters. The maximum atomic E-state index is 12.3. The molecule has 2 fully saturated rings. The van der Waals surface area contributed by atoms with Crippen LogP contribution in [0.1, 0.15) is 51.0 Å². The molecule has 0 bridgehead atoms. The maximum Gasteiger partial charge on any atom is 0.220 e. The fourth-order valence-electron chi connectivity index (χ4n) is 4.25. The third-order valence-corrected chi connectivity index (χ3v) is 5.77. The van der Waals surface area contributed by atoms with Gasteiger partial charge in [0.2, 0.25) is 5.91 Å². The number of carbonyl (C=O) groups is 1. The predicted octanol–water partition coefficient (Wildman–Crippen LogP) is 3.52. The molecule has 0 spiro atoms. The van der Waals surface area contributed by atoms with Gasteiger partial charge in [0.25, 0.3) is 0 Å². The first-order chi connectivity index (χ1) is 11.6. The minimum atomic E-state index is 0. The average molecular weight is 402 g/mol. The van der Waals surface area contributed by atoms with Gasteiger partial charge in [-0.25, -0.2) is 0 Å². The average Bonchev–Trinajstić information content (AvgIpc) is 2.96. The molecule has 2 aliphatic rings. The lowest BCUT2D eigenvalue weighted by molar-refractivity contribution is -0.123. The Morgan fingerprint density at radius 2 is 1.92 bits per heavy atom. The minimum absolute atomic E-state index is 0. The Morgan fingerprint density at radius 3 is 2.54 bits per heavy atom. The highest BCUT2D eigenvalue weighted by Crippen LogP contribution is 2.27. The molecule has 4 nitrogen and oxygen atoms in total. The van der Waals surface area contributed by atoms with Crippen molar-refractivity contribution in [3.8, 4) is 0 Å². The summed E-state index contributed by atoms with van der Waals surface area (Å²) in [4.78, 5) is 14.8. The molecule has 1 saturated carbocycles. The van der Waals surface area contributed by atoms with E-state index in [0.717, 1.165) is 38.8 Å². The monoisotopic (exact) mass is 401 g/mol. The largest absolute Gasteiger partial charge is 0.353 e. The zero-order valence-corrected chi connectivity index (χ0v) is 17.2. The zero-order valence-electron chi connectivity index (χ0n) is 15.6. The van der Waals surface area contributed by atoms with E-state index in [1.54, 1.807) is 0 Å². The summed E-state index contributed by atoms with van der Waals surface area (Å²) in [6.07, 6.45) is 6.05. The van der Waals surface area contributed by atoms with Crippen molar-refractivity contribution in [1.82, 2.24) is 10.2 Å². The first-order valence-corrected chi connectivity index (χ1v) is 9.44. The summed E-state index contributed by atoms with van der Waals surface area (Å²) in [6, 6.07) is 11.7. The highest BCUT2D eigenvalue weighted by molar-refractivity contribution is 5.85. The summed E-state index contributed by atoms with van der Waals surface area (Å²) >= 11 is 0. The van der Waals surface area contributed by atoms with Gasteiger partial charge in [0.15, 0.2) is 0 Å². The van der Waals surface area contributed by atoms with E-state index < -0.39 is 0 Å². The van der Waals surface area contributed by atoms with Crippen LogP contribution in [0.2, 0.25) is 0 Å². The highest BCUT2D eigenvalue weighted by Gasteiger charge is 2.29.